The first-order valence-corrected chi connectivity index (χ1v) is 5.43. The van der Waals surface area contributed by atoms with Crippen molar-refractivity contribution in [3.63, 3.8) is 0 Å². The van der Waals surface area contributed by atoms with Crippen LogP contribution in [0.25, 0.3) is 0 Å². The number of hydrogen-bond acceptors (Lipinski definition) is 3. The second kappa shape index (κ2) is 5.46. The lowest BCUT2D eigenvalue weighted by Gasteiger charge is -2.16. The molecule has 0 bridgehead atoms. The lowest BCUT2D eigenvalue weighted by molar-refractivity contribution is 0.0342. The van der Waals surface area contributed by atoms with Crippen LogP contribution in [0, 0.1) is 0 Å². The summed E-state index contributed by atoms with van der Waals surface area (Å²) in [6, 6.07) is 6.90. The van der Waals surface area contributed by atoms with Crippen LogP contribution < -0.4 is 0 Å². The second-order valence-electron chi connectivity index (χ2n) is 3.07. The molecule has 0 amide bonds. The Morgan fingerprint density at radius 3 is 2.57 bits per heavy atom. The van der Waals surface area contributed by atoms with Crippen LogP contribution in [0.5, 0.6) is 0 Å². The van der Waals surface area contributed by atoms with Gasteiger partial charge in [-0.2, -0.15) is 0 Å². The average molecular weight is 261 g/mol. The predicted octanol–water partition coefficient (Wildman–Crippen LogP) is 0.968. The third kappa shape index (κ3) is 2.78. The van der Waals surface area contributed by atoms with Gasteiger partial charge in [0.05, 0.1) is 12.7 Å². The Kier molecular flexibility index (Phi) is 4.54. The van der Waals surface area contributed by atoms with Crippen LogP contribution in [-0.4, -0.2) is 26.8 Å². The molecule has 0 aromatic heterocycles. The number of rotatable bonds is 4. The van der Waals surface area contributed by atoms with Gasteiger partial charge in [-0.15, -0.1) is 0 Å². The van der Waals surface area contributed by atoms with Gasteiger partial charge in [-0.3, -0.25) is 0 Å². The lowest BCUT2D eigenvalue weighted by Crippen LogP contribution is -2.19. The summed E-state index contributed by atoms with van der Waals surface area (Å²) in [7, 11) is 0. The fourth-order valence-electron chi connectivity index (χ4n) is 1.18. The molecule has 1 aromatic carbocycles. The molecule has 3 N–H and O–H groups in total. The van der Waals surface area contributed by atoms with Gasteiger partial charge in [0.15, 0.2) is 0 Å². The molecule has 0 saturated carbocycles. The van der Waals surface area contributed by atoms with Crippen molar-refractivity contribution < 1.29 is 15.3 Å². The number of halogens is 1. The monoisotopic (exact) mass is 260 g/mol. The van der Waals surface area contributed by atoms with Crippen LogP contribution in [-0.2, 0) is 6.61 Å². The van der Waals surface area contributed by atoms with Crippen LogP contribution in [0.15, 0.2) is 24.3 Å². The molecule has 3 nitrogen and oxygen atoms in total. The van der Waals surface area contributed by atoms with Crippen molar-refractivity contribution in [2.45, 2.75) is 18.8 Å². The van der Waals surface area contributed by atoms with Gasteiger partial charge in [-0.1, -0.05) is 40.2 Å². The third-order valence-electron chi connectivity index (χ3n) is 2.00. The molecule has 0 aliphatic rings. The molecule has 0 fully saturated rings. The summed E-state index contributed by atoms with van der Waals surface area (Å²) in [5.41, 5.74) is 1.34. The molecule has 0 aliphatic heterocycles. The van der Waals surface area contributed by atoms with E-state index in [4.69, 9.17) is 5.11 Å². The van der Waals surface area contributed by atoms with E-state index in [1.54, 1.807) is 24.3 Å². The summed E-state index contributed by atoms with van der Waals surface area (Å²) in [5.74, 6) is 0. The van der Waals surface area contributed by atoms with Crippen molar-refractivity contribution >= 4 is 15.9 Å². The molecule has 1 rings (SSSR count). The van der Waals surface area contributed by atoms with E-state index in [2.05, 4.69) is 15.9 Å². The van der Waals surface area contributed by atoms with E-state index in [9.17, 15) is 10.2 Å². The standard InChI is InChI=1S/C10H13BrO3/c11-5-9(13)10(14)8-3-1-2-7(4-8)6-12/h1-4,9-10,12-14H,5-6H2. The highest BCUT2D eigenvalue weighted by atomic mass is 79.9. The quantitative estimate of drug-likeness (QED) is 0.708. The average Bonchev–Trinajstić information content (AvgIpc) is 2.27. The normalized spacial score (nSPS) is 15.1. The number of aliphatic hydroxyl groups is 3. The maximum Gasteiger partial charge on any atom is 0.106 e. The predicted molar refractivity (Wildman–Crippen MR) is 57.1 cm³/mol. The highest BCUT2D eigenvalue weighted by molar-refractivity contribution is 9.09. The summed E-state index contributed by atoms with van der Waals surface area (Å²) >= 11 is 3.09. The van der Waals surface area contributed by atoms with Crippen molar-refractivity contribution in [3.8, 4) is 0 Å². The highest BCUT2D eigenvalue weighted by Gasteiger charge is 2.16. The molecule has 0 heterocycles. The summed E-state index contributed by atoms with van der Waals surface area (Å²) in [5, 5.41) is 28.2. The zero-order valence-electron chi connectivity index (χ0n) is 7.60. The van der Waals surface area contributed by atoms with E-state index in [0.717, 1.165) is 5.56 Å². The first-order chi connectivity index (χ1) is 6.69. The number of aliphatic hydroxyl groups excluding tert-OH is 3. The van der Waals surface area contributed by atoms with Gasteiger partial charge >= 0.3 is 0 Å². The largest absolute Gasteiger partial charge is 0.392 e. The molecule has 4 heteroatoms. The van der Waals surface area contributed by atoms with Gasteiger partial charge in [0, 0.05) is 5.33 Å². The van der Waals surface area contributed by atoms with E-state index in [1.807, 2.05) is 0 Å². The minimum atomic E-state index is -0.916. The van der Waals surface area contributed by atoms with E-state index in [1.165, 1.54) is 0 Å². The minimum absolute atomic E-state index is 0.0645. The van der Waals surface area contributed by atoms with E-state index < -0.39 is 12.2 Å². The Morgan fingerprint density at radius 1 is 1.29 bits per heavy atom. The van der Waals surface area contributed by atoms with E-state index in [0.29, 0.717) is 10.9 Å². The highest BCUT2D eigenvalue weighted by Crippen LogP contribution is 2.19. The Balaban J connectivity index is 2.83. The van der Waals surface area contributed by atoms with Crippen LogP contribution in [0.4, 0.5) is 0 Å². The van der Waals surface area contributed by atoms with Crippen LogP contribution in [0.1, 0.15) is 17.2 Å². The maximum atomic E-state index is 9.65. The van der Waals surface area contributed by atoms with Gasteiger partial charge in [0.2, 0.25) is 0 Å². The molecule has 2 unspecified atom stereocenters. The van der Waals surface area contributed by atoms with Crippen molar-refractivity contribution in [1.82, 2.24) is 0 Å². The smallest absolute Gasteiger partial charge is 0.106 e. The van der Waals surface area contributed by atoms with Crippen molar-refractivity contribution in [3.05, 3.63) is 35.4 Å². The second-order valence-corrected chi connectivity index (χ2v) is 3.72. The molecular weight excluding hydrogens is 248 g/mol. The van der Waals surface area contributed by atoms with Gasteiger partial charge in [0.1, 0.15) is 6.10 Å². The summed E-state index contributed by atoms with van der Waals surface area (Å²) in [6.07, 6.45) is -1.75. The Labute approximate surface area is 91.1 Å². The third-order valence-corrected chi connectivity index (χ3v) is 2.66. The molecular formula is C10H13BrO3. The molecule has 0 aliphatic carbocycles. The minimum Gasteiger partial charge on any atom is -0.392 e. The van der Waals surface area contributed by atoms with Crippen LogP contribution in [0.2, 0.25) is 0 Å². The molecule has 14 heavy (non-hydrogen) atoms. The first-order valence-electron chi connectivity index (χ1n) is 4.31. The fraction of sp³-hybridized carbons (Fsp3) is 0.400. The van der Waals surface area contributed by atoms with Gasteiger partial charge in [0.25, 0.3) is 0 Å². The Morgan fingerprint density at radius 2 is 2.00 bits per heavy atom. The number of benzene rings is 1. The molecule has 0 radical (unpaired) electrons. The maximum absolute atomic E-state index is 9.65. The lowest BCUT2D eigenvalue weighted by atomic mass is 10.0. The Hall–Kier alpha value is -0.420. The topological polar surface area (TPSA) is 60.7 Å². The van der Waals surface area contributed by atoms with E-state index in [-0.39, 0.29) is 6.61 Å². The summed E-state index contributed by atoms with van der Waals surface area (Å²) < 4.78 is 0. The van der Waals surface area contributed by atoms with Crippen molar-refractivity contribution in [1.29, 1.82) is 0 Å². The first kappa shape index (κ1) is 11.7. The van der Waals surface area contributed by atoms with Crippen LogP contribution >= 0.6 is 15.9 Å². The van der Waals surface area contributed by atoms with Crippen LogP contribution in [0.3, 0.4) is 0 Å². The molecule has 2 atom stereocenters. The molecule has 0 spiro atoms. The molecule has 78 valence electrons. The number of alkyl halides is 1. The molecule has 0 saturated heterocycles. The SMILES string of the molecule is OCc1cccc(C(O)C(O)CBr)c1. The van der Waals surface area contributed by atoms with Gasteiger partial charge < -0.3 is 15.3 Å². The zero-order valence-corrected chi connectivity index (χ0v) is 9.18. The zero-order chi connectivity index (χ0) is 10.6. The summed E-state index contributed by atoms with van der Waals surface area (Å²) in [6.45, 7) is -0.0645. The fourth-order valence-corrected chi connectivity index (χ4v) is 1.54. The summed E-state index contributed by atoms with van der Waals surface area (Å²) in [4.78, 5) is 0. The van der Waals surface area contributed by atoms with Gasteiger partial charge in [-0.25, -0.2) is 0 Å². The van der Waals surface area contributed by atoms with E-state index >= 15 is 0 Å². The van der Waals surface area contributed by atoms with Gasteiger partial charge in [-0.05, 0) is 11.1 Å². The van der Waals surface area contributed by atoms with Crippen molar-refractivity contribution in [2.75, 3.05) is 5.33 Å². The molecule has 1 aromatic rings. The number of hydrogen-bond donors (Lipinski definition) is 3. The Bertz CT molecular complexity index is 290. The van der Waals surface area contributed by atoms with Crippen molar-refractivity contribution in [2.24, 2.45) is 0 Å².